The average molecular weight is 343 g/mol. The first kappa shape index (κ1) is 15.8. The summed E-state index contributed by atoms with van der Waals surface area (Å²) in [4.78, 5) is 31.1. The summed E-state index contributed by atoms with van der Waals surface area (Å²) in [6, 6.07) is 3.22. The number of fused-ring (bicyclic) bond motifs is 3. The Kier molecular flexibility index (Phi) is 3.78. The molecule has 2 aromatic heterocycles. The number of rotatable bonds is 4. The molecule has 1 unspecified atom stereocenters. The molecule has 0 bridgehead atoms. The highest BCUT2D eigenvalue weighted by Gasteiger charge is 2.24. The Morgan fingerprint density at radius 1 is 1.48 bits per heavy atom. The zero-order chi connectivity index (χ0) is 17.6. The van der Waals surface area contributed by atoms with E-state index in [0.29, 0.717) is 35.3 Å². The van der Waals surface area contributed by atoms with Crippen molar-refractivity contribution in [3.63, 3.8) is 0 Å². The highest BCUT2D eigenvalue weighted by atomic mass is 16.5. The molecule has 1 aromatic carbocycles. The van der Waals surface area contributed by atoms with Crippen molar-refractivity contribution in [1.82, 2.24) is 14.4 Å². The lowest BCUT2D eigenvalue weighted by Gasteiger charge is -2.12. The number of imidazole rings is 1. The Hall–Kier alpha value is -2.71. The van der Waals surface area contributed by atoms with Crippen molar-refractivity contribution in [1.29, 1.82) is 0 Å². The summed E-state index contributed by atoms with van der Waals surface area (Å²) >= 11 is 0. The molecule has 4 rings (SSSR count). The summed E-state index contributed by atoms with van der Waals surface area (Å²) < 4.78 is 12.4. The van der Waals surface area contributed by atoms with Gasteiger partial charge in [-0.1, -0.05) is 0 Å². The van der Waals surface area contributed by atoms with Gasteiger partial charge in [0.05, 0.1) is 36.0 Å². The Morgan fingerprint density at radius 3 is 3.00 bits per heavy atom. The number of aromatic carboxylic acids is 1. The zero-order valence-electron chi connectivity index (χ0n) is 13.6. The molecule has 2 N–H and O–H groups in total. The lowest BCUT2D eigenvalue weighted by molar-refractivity contribution is 0.0692. The number of hydrogen-bond acceptors (Lipinski definition) is 5. The van der Waals surface area contributed by atoms with Crippen LogP contribution in [0, 0.1) is 0 Å². The topological polar surface area (TPSA) is 106 Å². The van der Waals surface area contributed by atoms with Crippen molar-refractivity contribution in [2.45, 2.75) is 18.9 Å². The van der Waals surface area contributed by atoms with Crippen molar-refractivity contribution in [3.8, 4) is 0 Å². The molecule has 1 saturated heterocycles. The van der Waals surface area contributed by atoms with Crippen LogP contribution in [-0.4, -0.2) is 45.8 Å². The molecule has 8 nitrogen and oxygen atoms in total. The molecule has 3 aromatic rings. The third-order valence-corrected chi connectivity index (χ3v) is 4.56. The van der Waals surface area contributed by atoms with Crippen molar-refractivity contribution in [2.75, 3.05) is 20.3 Å². The second kappa shape index (κ2) is 5.98. The predicted molar refractivity (Wildman–Crippen MR) is 89.2 cm³/mol. The van der Waals surface area contributed by atoms with Gasteiger partial charge in [-0.2, -0.15) is 0 Å². The lowest BCUT2D eigenvalue weighted by atomic mass is 10.1. The van der Waals surface area contributed by atoms with Gasteiger partial charge in [-0.25, -0.2) is 9.78 Å². The number of carboxylic acid groups (broad SMARTS) is 1. The molecule has 0 amide bonds. The van der Waals surface area contributed by atoms with Gasteiger partial charge in [0.2, 0.25) is 0 Å². The van der Waals surface area contributed by atoms with Crippen LogP contribution in [0.3, 0.4) is 0 Å². The second-order valence-corrected chi connectivity index (χ2v) is 6.12. The largest absolute Gasteiger partial charge is 0.478 e. The second-order valence-electron chi connectivity index (χ2n) is 6.12. The standard InChI is InChI=1S/C17H17N3O5/c1-24-7-10-4-13-12(5-11(10)17(22)23)19-16(21)14-6-18-15(20(13)14)9-2-3-25-8-9/h4-6,9H,2-3,7-8H2,1H3,(H,19,21)(H,22,23). The molecule has 8 heteroatoms. The van der Waals surface area contributed by atoms with E-state index in [2.05, 4.69) is 9.97 Å². The van der Waals surface area contributed by atoms with E-state index < -0.39 is 5.97 Å². The van der Waals surface area contributed by atoms with Crippen molar-refractivity contribution >= 4 is 22.5 Å². The van der Waals surface area contributed by atoms with E-state index in [1.165, 1.54) is 13.2 Å². The number of benzene rings is 1. The third-order valence-electron chi connectivity index (χ3n) is 4.56. The monoisotopic (exact) mass is 343 g/mol. The first-order valence-electron chi connectivity index (χ1n) is 7.96. The van der Waals surface area contributed by atoms with E-state index in [0.717, 1.165) is 12.2 Å². The highest BCUT2D eigenvalue weighted by molar-refractivity contribution is 5.94. The SMILES string of the molecule is COCc1cc2c(cc1C(=O)O)[nH]c(=O)c1cnc(C3CCOC3)n12. The number of ether oxygens (including phenoxy) is 2. The van der Waals surface area contributed by atoms with Crippen molar-refractivity contribution < 1.29 is 19.4 Å². The fourth-order valence-electron chi connectivity index (χ4n) is 3.38. The number of nitrogens with zero attached hydrogens (tertiary/aromatic N) is 2. The summed E-state index contributed by atoms with van der Waals surface area (Å²) in [7, 11) is 1.51. The van der Waals surface area contributed by atoms with Crippen LogP contribution in [0.2, 0.25) is 0 Å². The van der Waals surface area contributed by atoms with Gasteiger partial charge in [0.15, 0.2) is 0 Å². The maximum atomic E-state index is 12.4. The summed E-state index contributed by atoms with van der Waals surface area (Å²) in [6.45, 7) is 1.39. The minimum absolute atomic E-state index is 0.107. The smallest absolute Gasteiger partial charge is 0.336 e. The first-order chi connectivity index (χ1) is 12.1. The predicted octanol–water partition coefficient (Wildman–Crippen LogP) is 1.52. The molecule has 0 radical (unpaired) electrons. The Balaban J connectivity index is 2.07. The van der Waals surface area contributed by atoms with Crippen LogP contribution < -0.4 is 5.56 Å². The zero-order valence-corrected chi connectivity index (χ0v) is 13.6. The van der Waals surface area contributed by atoms with Crippen molar-refractivity contribution in [2.24, 2.45) is 0 Å². The minimum Gasteiger partial charge on any atom is -0.478 e. The van der Waals surface area contributed by atoms with Crippen LogP contribution in [0.25, 0.3) is 16.6 Å². The number of carbonyl (C=O) groups is 1. The number of H-pyrrole nitrogens is 1. The molecule has 130 valence electrons. The van der Waals surface area contributed by atoms with Crippen molar-refractivity contribution in [3.05, 3.63) is 45.6 Å². The first-order valence-corrected chi connectivity index (χ1v) is 7.96. The number of aromatic nitrogens is 3. The van der Waals surface area contributed by atoms with Crippen LogP contribution >= 0.6 is 0 Å². The molecule has 0 spiro atoms. The average Bonchev–Trinajstić information content (AvgIpc) is 3.24. The van der Waals surface area contributed by atoms with Crippen LogP contribution in [-0.2, 0) is 16.1 Å². The van der Waals surface area contributed by atoms with Crippen LogP contribution in [0.1, 0.15) is 34.1 Å². The molecule has 1 atom stereocenters. The summed E-state index contributed by atoms with van der Waals surface area (Å²) in [5.41, 5.74) is 1.93. The maximum absolute atomic E-state index is 12.4. The summed E-state index contributed by atoms with van der Waals surface area (Å²) in [5.74, 6) is -0.197. The van der Waals surface area contributed by atoms with Crippen LogP contribution in [0.15, 0.2) is 23.1 Å². The Labute approximate surface area is 142 Å². The molecular weight excluding hydrogens is 326 g/mol. The van der Waals surface area contributed by atoms with Gasteiger partial charge in [-0.15, -0.1) is 0 Å². The molecular formula is C17H17N3O5. The highest BCUT2D eigenvalue weighted by Crippen LogP contribution is 2.27. The molecule has 0 aliphatic carbocycles. The molecule has 1 aliphatic heterocycles. The van der Waals surface area contributed by atoms with Gasteiger partial charge < -0.3 is 19.6 Å². The van der Waals surface area contributed by atoms with E-state index in [1.807, 2.05) is 0 Å². The number of methoxy groups -OCH3 is 1. The van der Waals surface area contributed by atoms with E-state index >= 15 is 0 Å². The molecule has 1 fully saturated rings. The Morgan fingerprint density at radius 2 is 2.32 bits per heavy atom. The van der Waals surface area contributed by atoms with Gasteiger partial charge >= 0.3 is 5.97 Å². The quantitative estimate of drug-likeness (QED) is 0.744. The van der Waals surface area contributed by atoms with Crippen LogP contribution in [0.4, 0.5) is 0 Å². The van der Waals surface area contributed by atoms with Gasteiger partial charge in [-0.3, -0.25) is 9.20 Å². The third kappa shape index (κ3) is 2.50. The van der Waals surface area contributed by atoms with Gasteiger partial charge in [0, 0.05) is 19.6 Å². The van der Waals surface area contributed by atoms with E-state index in [9.17, 15) is 14.7 Å². The van der Waals surface area contributed by atoms with Gasteiger partial charge in [0.1, 0.15) is 11.3 Å². The normalized spacial score (nSPS) is 17.6. The fourth-order valence-corrected chi connectivity index (χ4v) is 3.38. The number of aromatic amines is 1. The van der Waals surface area contributed by atoms with Crippen LogP contribution in [0.5, 0.6) is 0 Å². The summed E-state index contributed by atoms with van der Waals surface area (Å²) in [6.07, 6.45) is 2.39. The van der Waals surface area contributed by atoms with E-state index in [-0.39, 0.29) is 23.6 Å². The summed E-state index contributed by atoms with van der Waals surface area (Å²) in [5, 5.41) is 9.44. The fraction of sp³-hybridized carbons (Fsp3) is 0.353. The molecule has 1 aliphatic rings. The Bertz CT molecular complexity index is 1030. The number of carboxylic acids is 1. The number of nitrogens with one attached hydrogen (secondary N) is 1. The van der Waals surface area contributed by atoms with E-state index in [1.54, 1.807) is 16.7 Å². The van der Waals surface area contributed by atoms with Gasteiger partial charge in [-0.05, 0) is 24.1 Å². The number of hydrogen-bond donors (Lipinski definition) is 2. The maximum Gasteiger partial charge on any atom is 0.336 e. The molecule has 25 heavy (non-hydrogen) atoms. The van der Waals surface area contributed by atoms with E-state index in [4.69, 9.17) is 9.47 Å². The van der Waals surface area contributed by atoms with Gasteiger partial charge in [0.25, 0.3) is 5.56 Å². The minimum atomic E-state index is -1.06. The molecule has 3 heterocycles. The molecule has 0 saturated carbocycles. The lowest BCUT2D eigenvalue weighted by Crippen LogP contribution is -2.14.